The van der Waals surface area contributed by atoms with E-state index in [1.807, 2.05) is 0 Å². The van der Waals surface area contributed by atoms with Crippen LogP contribution in [0.4, 0.5) is 0 Å². The average Bonchev–Trinajstić information content (AvgIpc) is 3.01. The quantitative estimate of drug-likeness (QED) is 0.575. The Morgan fingerprint density at radius 2 is 1.79 bits per heavy atom. The second kappa shape index (κ2) is 7.49. The van der Waals surface area contributed by atoms with Crippen molar-refractivity contribution in [1.29, 1.82) is 0 Å². The molecule has 1 amide bonds. The first kappa shape index (κ1) is 21.6. The van der Waals surface area contributed by atoms with Crippen LogP contribution in [0.3, 0.4) is 0 Å². The maximum absolute atomic E-state index is 11.5. The Bertz CT molecular complexity index is 640. The van der Waals surface area contributed by atoms with E-state index in [9.17, 15) is 20.1 Å². The van der Waals surface area contributed by atoms with Crippen LogP contribution in [-0.4, -0.2) is 39.5 Å². The Morgan fingerprint density at radius 3 is 2.48 bits per heavy atom. The zero-order valence-corrected chi connectivity index (χ0v) is 18.4. The summed E-state index contributed by atoms with van der Waals surface area (Å²) in [4.78, 5) is 11.3. The summed E-state index contributed by atoms with van der Waals surface area (Å²) in [5.41, 5.74) is 5.30. The molecule has 11 atom stereocenters. The van der Waals surface area contributed by atoms with E-state index in [4.69, 9.17) is 5.73 Å². The SMILES string of the molecule is C[C@H](CCC(N)=O)[C@H]1CC[C@H]2[C@@H]3[C@H](O)C[C@@H]4C[C@H](O)CC[C@]4(C)[C@H]3C[C@H](O)[C@]12C. The molecule has 5 nitrogen and oxygen atoms in total. The van der Waals surface area contributed by atoms with Gasteiger partial charge in [-0.2, -0.15) is 0 Å². The maximum atomic E-state index is 11.5. The molecule has 4 aliphatic rings. The second-order valence-corrected chi connectivity index (χ2v) is 11.5. The first-order valence-corrected chi connectivity index (χ1v) is 11.9. The lowest BCUT2D eigenvalue weighted by molar-refractivity contribution is -0.207. The summed E-state index contributed by atoms with van der Waals surface area (Å²) in [6.45, 7) is 6.82. The van der Waals surface area contributed by atoms with E-state index in [1.54, 1.807) is 0 Å². The van der Waals surface area contributed by atoms with Gasteiger partial charge in [-0.1, -0.05) is 20.8 Å². The minimum absolute atomic E-state index is 0.112. The van der Waals surface area contributed by atoms with Crippen LogP contribution in [0.5, 0.6) is 0 Å². The standard InChI is InChI=1S/C24H41NO4/c1-13(4-7-21(25)29)16-5-6-17-22-18(12-20(28)24(16,17)3)23(2)9-8-15(26)10-14(23)11-19(22)27/h13-20,22,26-28H,4-12H2,1-3H3,(H2,25,29)/t13-,14+,15-,16-,17+,18+,19-,20+,22+,23+,24-/m1/s1. The van der Waals surface area contributed by atoms with Gasteiger partial charge in [0.2, 0.25) is 5.91 Å². The van der Waals surface area contributed by atoms with Crippen LogP contribution in [0.1, 0.15) is 78.6 Å². The molecular weight excluding hydrogens is 366 g/mol. The lowest BCUT2D eigenvalue weighted by Crippen LogP contribution is -2.62. The van der Waals surface area contributed by atoms with Crippen LogP contribution in [-0.2, 0) is 4.79 Å². The van der Waals surface area contributed by atoms with Crippen molar-refractivity contribution in [3.05, 3.63) is 0 Å². The predicted octanol–water partition coefficient (Wildman–Crippen LogP) is 2.85. The molecule has 0 saturated heterocycles. The minimum Gasteiger partial charge on any atom is -0.393 e. The Labute approximate surface area is 175 Å². The molecule has 166 valence electrons. The van der Waals surface area contributed by atoms with Crippen molar-refractivity contribution in [3.8, 4) is 0 Å². The Morgan fingerprint density at radius 1 is 1.07 bits per heavy atom. The van der Waals surface area contributed by atoms with Crippen LogP contribution in [0.2, 0.25) is 0 Å². The summed E-state index contributed by atoms with van der Waals surface area (Å²) in [7, 11) is 0. The zero-order valence-electron chi connectivity index (χ0n) is 18.4. The highest BCUT2D eigenvalue weighted by atomic mass is 16.3. The summed E-state index contributed by atoms with van der Waals surface area (Å²) < 4.78 is 0. The molecule has 0 spiro atoms. The van der Waals surface area contributed by atoms with Crippen molar-refractivity contribution >= 4 is 5.91 Å². The maximum Gasteiger partial charge on any atom is 0.217 e. The van der Waals surface area contributed by atoms with Crippen LogP contribution in [0.25, 0.3) is 0 Å². The van der Waals surface area contributed by atoms with Crippen molar-refractivity contribution < 1.29 is 20.1 Å². The summed E-state index contributed by atoms with van der Waals surface area (Å²) >= 11 is 0. The fraction of sp³-hybridized carbons (Fsp3) is 0.958. The predicted molar refractivity (Wildman–Crippen MR) is 112 cm³/mol. The highest BCUT2D eigenvalue weighted by Crippen LogP contribution is 2.68. The number of carbonyl (C=O) groups excluding carboxylic acids is 1. The van der Waals surface area contributed by atoms with Crippen LogP contribution < -0.4 is 5.73 Å². The van der Waals surface area contributed by atoms with Crippen molar-refractivity contribution in [2.75, 3.05) is 0 Å². The molecule has 4 aliphatic carbocycles. The summed E-state index contributed by atoms with van der Waals surface area (Å²) in [6.07, 6.45) is 6.56. The van der Waals surface area contributed by atoms with Gasteiger partial charge in [0.1, 0.15) is 0 Å². The largest absolute Gasteiger partial charge is 0.393 e. The number of carbonyl (C=O) groups is 1. The Hall–Kier alpha value is -0.650. The molecular formula is C24H41NO4. The third-order valence-corrected chi connectivity index (χ3v) is 10.4. The minimum atomic E-state index is -0.369. The number of nitrogens with two attached hydrogens (primary N) is 1. The molecule has 4 fully saturated rings. The molecule has 29 heavy (non-hydrogen) atoms. The Kier molecular flexibility index (Phi) is 5.57. The average molecular weight is 408 g/mol. The number of aliphatic hydroxyl groups excluding tert-OH is 3. The lowest BCUT2D eigenvalue weighted by Gasteiger charge is -2.63. The third kappa shape index (κ3) is 3.27. The fourth-order valence-electron chi connectivity index (χ4n) is 8.70. The molecule has 5 heteroatoms. The molecule has 4 rings (SSSR count). The normalized spacial score (nSPS) is 52.9. The van der Waals surface area contributed by atoms with Crippen molar-refractivity contribution in [2.45, 2.75) is 96.9 Å². The zero-order chi connectivity index (χ0) is 21.1. The van der Waals surface area contributed by atoms with Crippen molar-refractivity contribution in [3.63, 3.8) is 0 Å². The van der Waals surface area contributed by atoms with Gasteiger partial charge in [-0.15, -0.1) is 0 Å². The van der Waals surface area contributed by atoms with Crippen LogP contribution >= 0.6 is 0 Å². The van der Waals surface area contributed by atoms with E-state index in [0.717, 1.165) is 51.4 Å². The van der Waals surface area contributed by atoms with E-state index in [2.05, 4.69) is 20.8 Å². The number of hydrogen-bond donors (Lipinski definition) is 4. The number of hydrogen-bond acceptors (Lipinski definition) is 4. The molecule has 0 bridgehead atoms. The molecule has 0 aromatic heterocycles. The van der Waals surface area contributed by atoms with Crippen molar-refractivity contribution in [2.24, 2.45) is 52.1 Å². The van der Waals surface area contributed by atoms with Gasteiger partial charge in [0.15, 0.2) is 0 Å². The van der Waals surface area contributed by atoms with E-state index in [1.165, 1.54) is 0 Å². The summed E-state index contributed by atoms with van der Waals surface area (Å²) in [5, 5.41) is 33.0. The van der Waals surface area contributed by atoms with Gasteiger partial charge in [-0.05, 0) is 97.7 Å². The first-order chi connectivity index (χ1) is 13.6. The van der Waals surface area contributed by atoms with Gasteiger partial charge in [-0.3, -0.25) is 4.79 Å². The Balaban J connectivity index is 1.61. The van der Waals surface area contributed by atoms with Gasteiger partial charge in [0.25, 0.3) is 0 Å². The molecule has 4 saturated carbocycles. The molecule has 0 radical (unpaired) electrons. The monoisotopic (exact) mass is 407 g/mol. The van der Waals surface area contributed by atoms with E-state index in [-0.39, 0.29) is 41.0 Å². The summed E-state index contributed by atoms with van der Waals surface area (Å²) in [6, 6.07) is 0. The van der Waals surface area contributed by atoms with Gasteiger partial charge in [0.05, 0.1) is 18.3 Å². The van der Waals surface area contributed by atoms with Crippen LogP contribution in [0.15, 0.2) is 0 Å². The van der Waals surface area contributed by atoms with Gasteiger partial charge in [0, 0.05) is 6.42 Å². The van der Waals surface area contributed by atoms with Crippen molar-refractivity contribution in [1.82, 2.24) is 0 Å². The highest BCUT2D eigenvalue weighted by Gasteiger charge is 2.65. The van der Waals surface area contributed by atoms with Gasteiger partial charge >= 0.3 is 0 Å². The van der Waals surface area contributed by atoms with Crippen LogP contribution in [0, 0.1) is 46.3 Å². The van der Waals surface area contributed by atoms with E-state index in [0.29, 0.717) is 36.0 Å². The summed E-state index contributed by atoms with van der Waals surface area (Å²) in [5.74, 6) is 1.72. The lowest BCUT2D eigenvalue weighted by atomic mass is 9.43. The molecule has 0 unspecified atom stereocenters. The second-order valence-electron chi connectivity index (χ2n) is 11.5. The third-order valence-electron chi connectivity index (χ3n) is 10.4. The number of aliphatic hydroxyl groups is 3. The molecule has 5 N–H and O–H groups in total. The van der Waals surface area contributed by atoms with E-state index < -0.39 is 0 Å². The topological polar surface area (TPSA) is 104 Å². The highest BCUT2D eigenvalue weighted by molar-refractivity contribution is 5.73. The molecule has 0 aliphatic heterocycles. The van der Waals surface area contributed by atoms with Gasteiger partial charge < -0.3 is 21.1 Å². The number of primary amides is 1. The van der Waals surface area contributed by atoms with E-state index >= 15 is 0 Å². The first-order valence-electron chi connectivity index (χ1n) is 11.9. The number of fused-ring (bicyclic) bond motifs is 5. The smallest absolute Gasteiger partial charge is 0.217 e. The number of amides is 1. The molecule has 0 heterocycles. The number of rotatable bonds is 4. The molecule has 0 aromatic carbocycles. The molecule has 0 aromatic rings. The van der Waals surface area contributed by atoms with Gasteiger partial charge in [-0.25, -0.2) is 0 Å². The fourth-order valence-corrected chi connectivity index (χ4v) is 8.70.